The molecule has 2 rings (SSSR count). The molecule has 0 aromatic heterocycles. The molecule has 1 aliphatic carbocycles. The number of hydrogen-bond acceptors (Lipinski definition) is 4. The first-order valence-electron chi connectivity index (χ1n) is 8.84. The normalized spacial score (nSPS) is 35.3. The monoisotopic (exact) mass is 334 g/mol. The van der Waals surface area contributed by atoms with Crippen LogP contribution in [0.25, 0.3) is 0 Å². The van der Waals surface area contributed by atoms with Crippen LogP contribution in [0.5, 0.6) is 0 Å². The molecule has 0 aromatic rings. The van der Waals surface area contributed by atoms with Gasteiger partial charge in [-0.15, -0.1) is 0 Å². The molecule has 2 N–H and O–H groups in total. The van der Waals surface area contributed by atoms with Crippen molar-refractivity contribution < 1.29 is 19.7 Å². The number of rotatable bonds is 1. The molecular weight excluding hydrogens is 304 g/mol. The maximum atomic E-state index is 12.0. The molecule has 134 valence electrons. The maximum Gasteiger partial charge on any atom is 0.334 e. The first kappa shape index (κ1) is 18.9. The van der Waals surface area contributed by atoms with Gasteiger partial charge in [0.05, 0.1) is 11.2 Å². The van der Waals surface area contributed by atoms with Gasteiger partial charge in [0.2, 0.25) is 0 Å². The Balaban J connectivity index is 2.30. The topological polar surface area (TPSA) is 66.8 Å². The SMILES string of the molecule is CC1=CCC[C@](C)(O)C=C[C@@](O)(C(C)C)CCC2=C[C@H](C1)OC2=O. The minimum absolute atomic E-state index is 0.0200. The van der Waals surface area contributed by atoms with E-state index in [0.29, 0.717) is 31.3 Å². The van der Waals surface area contributed by atoms with Gasteiger partial charge in [-0.05, 0) is 51.5 Å². The van der Waals surface area contributed by atoms with Crippen molar-refractivity contribution in [2.75, 3.05) is 0 Å². The zero-order valence-corrected chi connectivity index (χ0v) is 15.2. The van der Waals surface area contributed by atoms with Crippen LogP contribution in [0.2, 0.25) is 0 Å². The summed E-state index contributed by atoms with van der Waals surface area (Å²) < 4.78 is 5.42. The van der Waals surface area contributed by atoms with E-state index in [1.54, 1.807) is 19.1 Å². The Hall–Kier alpha value is -1.39. The number of hydrogen-bond donors (Lipinski definition) is 2. The van der Waals surface area contributed by atoms with Crippen molar-refractivity contribution in [3.8, 4) is 0 Å². The second-order valence-corrected chi connectivity index (χ2v) is 7.77. The molecule has 0 fully saturated rings. The Bertz CT molecular complexity index is 568. The van der Waals surface area contributed by atoms with E-state index in [0.717, 1.165) is 12.0 Å². The van der Waals surface area contributed by atoms with Crippen LogP contribution in [0, 0.1) is 5.92 Å². The van der Waals surface area contributed by atoms with E-state index in [2.05, 4.69) is 6.08 Å². The molecule has 4 heteroatoms. The fourth-order valence-electron chi connectivity index (χ4n) is 3.14. The number of carbonyl (C=O) groups is 1. The summed E-state index contributed by atoms with van der Waals surface area (Å²) in [7, 11) is 0. The fourth-order valence-corrected chi connectivity index (χ4v) is 3.14. The van der Waals surface area contributed by atoms with Gasteiger partial charge in [-0.1, -0.05) is 37.6 Å². The number of esters is 1. The molecule has 0 spiro atoms. The molecule has 0 amide bonds. The third kappa shape index (κ3) is 4.81. The van der Waals surface area contributed by atoms with Crippen LogP contribution >= 0.6 is 0 Å². The van der Waals surface area contributed by atoms with Crippen molar-refractivity contribution in [3.05, 3.63) is 35.5 Å². The van der Waals surface area contributed by atoms with Crippen LogP contribution in [-0.4, -0.2) is 33.5 Å². The molecule has 0 radical (unpaired) electrons. The average molecular weight is 334 g/mol. The summed E-state index contributed by atoms with van der Waals surface area (Å²) in [5.41, 5.74) is -0.224. The van der Waals surface area contributed by atoms with Crippen molar-refractivity contribution in [1.29, 1.82) is 0 Å². The summed E-state index contributed by atoms with van der Waals surface area (Å²) in [6, 6.07) is 0. The second kappa shape index (κ2) is 7.24. The molecule has 0 aromatic carbocycles. The quantitative estimate of drug-likeness (QED) is 0.569. The lowest BCUT2D eigenvalue weighted by molar-refractivity contribution is -0.139. The number of fused-ring (bicyclic) bond motifs is 1. The van der Waals surface area contributed by atoms with Crippen LogP contribution in [0.4, 0.5) is 0 Å². The molecule has 1 aliphatic heterocycles. The number of carbonyl (C=O) groups excluding carboxylic acids is 1. The van der Waals surface area contributed by atoms with Crippen molar-refractivity contribution >= 4 is 5.97 Å². The van der Waals surface area contributed by atoms with Gasteiger partial charge in [0.25, 0.3) is 0 Å². The lowest BCUT2D eigenvalue weighted by atomic mass is 9.82. The van der Waals surface area contributed by atoms with E-state index in [-0.39, 0.29) is 18.0 Å². The van der Waals surface area contributed by atoms with Crippen LogP contribution in [-0.2, 0) is 9.53 Å². The Labute approximate surface area is 144 Å². The van der Waals surface area contributed by atoms with Gasteiger partial charge in [0.15, 0.2) is 0 Å². The van der Waals surface area contributed by atoms with Crippen molar-refractivity contribution in [2.45, 2.75) is 77.1 Å². The van der Waals surface area contributed by atoms with Crippen LogP contribution < -0.4 is 0 Å². The summed E-state index contributed by atoms with van der Waals surface area (Å²) in [5, 5.41) is 21.5. The second-order valence-electron chi connectivity index (χ2n) is 7.77. The number of allylic oxidation sites excluding steroid dienone is 1. The van der Waals surface area contributed by atoms with Gasteiger partial charge < -0.3 is 14.9 Å². The van der Waals surface area contributed by atoms with Crippen LogP contribution in [0.1, 0.15) is 59.8 Å². The van der Waals surface area contributed by atoms with E-state index in [9.17, 15) is 15.0 Å². The highest BCUT2D eigenvalue weighted by atomic mass is 16.5. The Kier molecular flexibility index (Phi) is 5.71. The van der Waals surface area contributed by atoms with Gasteiger partial charge in [0, 0.05) is 12.0 Å². The highest BCUT2D eigenvalue weighted by Gasteiger charge is 2.32. The van der Waals surface area contributed by atoms with Crippen LogP contribution in [0.15, 0.2) is 35.5 Å². The van der Waals surface area contributed by atoms with E-state index >= 15 is 0 Å². The molecule has 0 saturated carbocycles. The number of aliphatic hydroxyl groups is 2. The Morgan fingerprint density at radius 3 is 2.62 bits per heavy atom. The number of ether oxygens (including phenoxy) is 1. The Morgan fingerprint density at radius 2 is 1.96 bits per heavy atom. The van der Waals surface area contributed by atoms with Gasteiger partial charge in [-0.25, -0.2) is 4.79 Å². The maximum absolute atomic E-state index is 12.0. The molecule has 4 nitrogen and oxygen atoms in total. The molecule has 3 atom stereocenters. The van der Waals surface area contributed by atoms with Crippen molar-refractivity contribution in [2.24, 2.45) is 5.92 Å². The molecule has 0 saturated heterocycles. The summed E-state index contributed by atoms with van der Waals surface area (Å²) in [6.45, 7) is 7.67. The molecule has 2 aliphatic rings. The minimum Gasteiger partial charge on any atom is -0.454 e. The smallest absolute Gasteiger partial charge is 0.334 e. The highest BCUT2D eigenvalue weighted by molar-refractivity contribution is 5.90. The molecule has 1 heterocycles. The molecule has 24 heavy (non-hydrogen) atoms. The predicted octanol–water partition coefficient (Wildman–Crippen LogP) is 3.44. The van der Waals surface area contributed by atoms with Crippen molar-refractivity contribution in [3.63, 3.8) is 0 Å². The fraction of sp³-hybridized carbons (Fsp3) is 0.650. The lowest BCUT2D eigenvalue weighted by Gasteiger charge is -2.30. The molecular formula is C20H30O4. The third-order valence-electron chi connectivity index (χ3n) is 5.10. The van der Waals surface area contributed by atoms with Gasteiger partial charge >= 0.3 is 5.97 Å². The van der Waals surface area contributed by atoms with E-state index in [4.69, 9.17) is 4.74 Å². The van der Waals surface area contributed by atoms with Crippen molar-refractivity contribution in [1.82, 2.24) is 0 Å². The first-order chi connectivity index (χ1) is 11.1. The molecule has 0 unspecified atom stereocenters. The predicted molar refractivity (Wildman–Crippen MR) is 94.4 cm³/mol. The summed E-state index contributed by atoms with van der Waals surface area (Å²) >= 11 is 0. The summed E-state index contributed by atoms with van der Waals surface area (Å²) in [4.78, 5) is 12.0. The van der Waals surface area contributed by atoms with Crippen LogP contribution in [0.3, 0.4) is 0 Å². The Morgan fingerprint density at radius 1 is 1.25 bits per heavy atom. The van der Waals surface area contributed by atoms with Gasteiger partial charge in [-0.2, -0.15) is 0 Å². The average Bonchev–Trinajstić information content (AvgIpc) is 2.81. The highest BCUT2D eigenvalue weighted by Crippen LogP contribution is 2.31. The van der Waals surface area contributed by atoms with E-state index in [1.807, 2.05) is 26.8 Å². The largest absolute Gasteiger partial charge is 0.454 e. The first-order valence-corrected chi connectivity index (χ1v) is 8.84. The van der Waals surface area contributed by atoms with Gasteiger partial charge in [-0.3, -0.25) is 0 Å². The standard InChI is InChI=1S/C20H30O4/c1-14(2)20(23)9-7-16-13-17(24-18(16)21)12-15(3)6-5-8-19(4,22)10-11-20/h6,10-11,13-14,17,22-23H,5,7-9,12H2,1-4H3/t17-,19-,20+/m0/s1. The van der Waals surface area contributed by atoms with E-state index < -0.39 is 11.2 Å². The summed E-state index contributed by atoms with van der Waals surface area (Å²) in [5.74, 6) is -0.293. The van der Waals surface area contributed by atoms with E-state index in [1.165, 1.54) is 0 Å². The summed E-state index contributed by atoms with van der Waals surface area (Å²) in [6.07, 6.45) is 10.1. The lowest BCUT2D eigenvalue weighted by Crippen LogP contribution is -2.34. The zero-order valence-electron chi connectivity index (χ0n) is 15.2. The minimum atomic E-state index is -1.06. The zero-order chi connectivity index (χ0) is 18.0. The third-order valence-corrected chi connectivity index (χ3v) is 5.10. The molecule has 2 bridgehead atoms. The van der Waals surface area contributed by atoms with Gasteiger partial charge in [0.1, 0.15) is 6.10 Å².